The smallest absolute Gasteiger partial charge is 0.0494 e. The maximum atomic E-state index is 3.87. The standard InChI is InChI=1S/C16H23N.ClH/c1-3-17-16-12(2)7-6-9-14(16)11-13-8-4-5-10-15(13)16;/h4-5,8,10,12,14,17H,3,6-7,9,11H2,1-2H3;1H/t12?,14-,16+;/m1./s1. The van der Waals surface area contributed by atoms with Crippen molar-refractivity contribution in [2.24, 2.45) is 11.8 Å². The largest absolute Gasteiger partial charge is 0.307 e. The first-order valence-electron chi connectivity index (χ1n) is 7.12. The number of fused-ring (bicyclic) bond motifs is 3. The van der Waals surface area contributed by atoms with Crippen molar-refractivity contribution in [3.05, 3.63) is 35.4 Å². The lowest BCUT2D eigenvalue weighted by Crippen LogP contribution is -2.52. The van der Waals surface area contributed by atoms with Crippen LogP contribution in [0.5, 0.6) is 0 Å². The van der Waals surface area contributed by atoms with E-state index in [1.165, 1.54) is 25.7 Å². The molecule has 0 spiro atoms. The summed E-state index contributed by atoms with van der Waals surface area (Å²) in [4.78, 5) is 0. The van der Waals surface area contributed by atoms with E-state index in [4.69, 9.17) is 0 Å². The lowest BCUT2D eigenvalue weighted by molar-refractivity contribution is 0.0964. The third-order valence-corrected chi connectivity index (χ3v) is 5.01. The zero-order valence-electron chi connectivity index (χ0n) is 11.4. The average Bonchev–Trinajstić information content (AvgIpc) is 2.66. The third-order valence-electron chi connectivity index (χ3n) is 5.01. The fourth-order valence-electron chi connectivity index (χ4n) is 4.35. The monoisotopic (exact) mass is 265 g/mol. The van der Waals surface area contributed by atoms with Gasteiger partial charge < -0.3 is 5.32 Å². The van der Waals surface area contributed by atoms with Crippen LogP contribution in [0, 0.1) is 11.8 Å². The van der Waals surface area contributed by atoms with Crippen LogP contribution < -0.4 is 5.32 Å². The van der Waals surface area contributed by atoms with Crippen molar-refractivity contribution in [3.63, 3.8) is 0 Å². The van der Waals surface area contributed by atoms with E-state index >= 15 is 0 Å². The van der Waals surface area contributed by atoms with Crippen molar-refractivity contribution in [3.8, 4) is 0 Å². The number of rotatable bonds is 2. The van der Waals surface area contributed by atoms with Crippen LogP contribution in [0.15, 0.2) is 24.3 Å². The number of benzene rings is 1. The van der Waals surface area contributed by atoms with E-state index in [2.05, 4.69) is 43.4 Å². The van der Waals surface area contributed by atoms with E-state index < -0.39 is 0 Å². The topological polar surface area (TPSA) is 12.0 Å². The second kappa shape index (κ2) is 5.22. The molecular weight excluding hydrogens is 242 g/mol. The Kier molecular flexibility index (Phi) is 4.03. The highest BCUT2D eigenvalue weighted by Gasteiger charge is 2.50. The van der Waals surface area contributed by atoms with Gasteiger partial charge in [-0.25, -0.2) is 0 Å². The molecule has 2 aliphatic rings. The molecule has 0 radical (unpaired) electrons. The van der Waals surface area contributed by atoms with Gasteiger partial charge in [-0.2, -0.15) is 0 Å². The van der Waals surface area contributed by atoms with Gasteiger partial charge in [0.05, 0.1) is 0 Å². The van der Waals surface area contributed by atoms with E-state index in [1.807, 2.05) is 0 Å². The summed E-state index contributed by atoms with van der Waals surface area (Å²) in [5.41, 5.74) is 3.47. The minimum Gasteiger partial charge on any atom is -0.307 e. The summed E-state index contributed by atoms with van der Waals surface area (Å²) in [5.74, 6) is 1.59. The predicted molar refractivity (Wildman–Crippen MR) is 79.3 cm³/mol. The summed E-state index contributed by atoms with van der Waals surface area (Å²) in [7, 11) is 0. The highest BCUT2D eigenvalue weighted by Crippen LogP contribution is 2.52. The third kappa shape index (κ3) is 1.80. The fourth-order valence-corrected chi connectivity index (χ4v) is 4.35. The molecule has 0 aromatic heterocycles. The van der Waals surface area contributed by atoms with E-state index in [0.29, 0.717) is 0 Å². The van der Waals surface area contributed by atoms with Gasteiger partial charge in [0.2, 0.25) is 0 Å². The van der Waals surface area contributed by atoms with E-state index in [-0.39, 0.29) is 17.9 Å². The van der Waals surface area contributed by atoms with Gasteiger partial charge >= 0.3 is 0 Å². The predicted octanol–water partition coefficient (Wildman–Crippen LogP) is 3.91. The second-order valence-electron chi connectivity index (χ2n) is 5.79. The van der Waals surface area contributed by atoms with Crippen molar-refractivity contribution in [1.29, 1.82) is 0 Å². The van der Waals surface area contributed by atoms with Crippen molar-refractivity contribution in [2.75, 3.05) is 6.54 Å². The zero-order chi connectivity index (χ0) is 11.9. The van der Waals surface area contributed by atoms with Crippen LogP contribution in [0.4, 0.5) is 0 Å². The van der Waals surface area contributed by atoms with E-state index in [0.717, 1.165) is 18.4 Å². The Morgan fingerprint density at radius 3 is 2.83 bits per heavy atom. The van der Waals surface area contributed by atoms with E-state index in [1.54, 1.807) is 11.1 Å². The van der Waals surface area contributed by atoms with Crippen molar-refractivity contribution < 1.29 is 0 Å². The fraction of sp³-hybridized carbons (Fsp3) is 0.625. The lowest BCUT2D eigenvalue weighted by atomic mass is 9.66. The Morgan fingerprint density at radius 2 is 2.06 bits per heavy atom. The first-order valence-corrected chi connectivity index (χ1v) is 7.12. The second-order valence-corrected chi connectivity index (χ2v) is 5.79. The molecule has 3 rings (SSSR count). The highest BCUT2D eigenvalue weighted by molar-refractivity contribution is 5.85. The minimum absolute atomic E-state index is 0. The molecule has 0 bridgehead atoms. The molecule has 2 aliphatic carbocycles. The van der Waals surface area contributed by atoms with Gasteiger partial charge in [0, 0.05) is 5.54 Å². The molecular formula is C16H24ClN. The Labute approximate surface area is 117 Å². The maximum Gasteiger partial charge on any atom is 0.0494 e. The molecule has 0 aliphatic heterocycles. The highest BCUT2D eigenvalue weighted by atomic mass is 35.5. The summed E-state index contributed by atoms with van der Waals surface area (Å²) >= 11 is 0. The van der Waals surface area contributed by atoms with Crippen LogP contribution in [0.25, 0.3) is 0 Å². The van der Waals surface area contributed by atoms with Gasteiger partial charge in [-0.05, 0) is 48.8 Å². The lowest BCUT2D eigenvalue weighted by Gasteiger charge is -2.46. The SMILES string of the molecule is CCN[C@]12c3ccccc3C[C@H]1CCCC2C.Cl. The molecule has 0 saturated heterocycles. The van der Waals surface area contributed by atoms with Crippen LogP contribution >= 0.6 is 12.4 Å². The summed E-state index contributed by atoms with van der Waals surface area (Å²) in [5, 5.41) is 3.87. The van der Waals surface area contributed by atoms with E-state index in [9.17, 15) is 0 Å². The van der Waals surface area contributed by atoms with Crippen LogP contribution in [-0.4, -0.2) is 6.54 Å². The van der Waals surface area contributed by atoms with Gasteiger partial charge in [-0.3, -0.25) is 0 Å². The number of hydrogen-bond donors (Lipinski definition) is 1. The molecule has 1 fully saturated rings. The molecule has 3 atom stereocenters. The van der Waals surface area contributed by atoms with Crippen LogP contribution in [-0.2, 0) is 12.0 Å². The molecule has 2 heteroatoms. The van der Waals surface area contributed by atoms with Crippen molar-refractivity contribution in [2.45, 2.75) is 45.1 Å². The first kappa shape index (κ1) is 13.9. The van der Waals surface area contributed by atoms with Crippen LogP contribution in [0.1, 0.15) is 44.2 Å². The Bertz CT molecular complexity index is 417. The normalized spacial score (nSPS) is 33.4. The van der Waals surface area contributed by atoms with Crippen LogP contribution in [0.2, 0.25) is 0 Å². The average molecular weight is 266 g/mol. The molecule has 18 heavy (non-hydrogen) atoms. The minimum atomic E-state index is 0. The molecule has 1 aromatic rings. The summed E-state index contributed by atoms with van der Waals surface area (Å²) in [6.07, 6.45) is 5.46. The van der Waals surface area contributed by atoms with Gasteiger partial charge in [0.1, 0.15) is 0 Å². The molecule has 1 unspecified atom stereocenters. The van der Waals surface area contributed by atoms with Gasteiger partial charge in [-0.1, -0.05) is 44.5 Å². The molecule has 1 N–H and O–H groups in total. The summed E-state index contributed by atoms with van der Waals surface area (Å²) < 4.78 is 0. The first-order chi connectivity index (χ1) is 8.29. The van der Waals surface area contributed by atoms with Gasteiger partial charge in [-0.15, -0.1) is 12.4 Å². The summed E-state index contributed by atoms with van der Waals surface area (Å²) in [6, 6.07) is 9.10. The van der Waals surface area contributed by atoms with Gasteiger partial charge in [0.15, 0.2) is 0 Å². The van der Waals surface area contributed by atoms with Crippen molar-refractivity contribution in [1.82, 2.24) is 5.32 Å². The zero-order valence-corrected chi connectivity index (χ0v) is 12.2. The molecule has 1 nitrogen and oxygen atoms in total. The molecule has 0 heterocycles. The molecule has 100 valence electrons. The number of hydrogen-bond acceptors (Lipinski definition) is 1. The Hall–Kier alpha value is -0.530. The van der Waals surface area contributed by atoms with Crippen LogP contribution in [0.3, 0.4) is 0 Å². The quantitative estimate of drug-likeness (QED) is 0.855. The molecule has 0 amide bonds. The molecule has 1 aromatic carbocycles. The Morgan fingerprint density at radius 1 is 1.28 bits per heavy atom. The maximum absolute atomic E-state index is 3.87. The van der Waals surface area contributed by atoms with Crippen molar-refractivity contribution >= 4 is 12.4 Å². The number of nitrogens with one attached hydrogen (secondary N) is 1. The summed E-state index contributed by atoms with van der Waals surface area (Å²) in [6.45, 7) is 5.76. The number of halogens is 1. The Balaban J connectivity index is 0.00000120. The van der Waals surface area contributed by atoms with Gasteiger partial charge in [0.25, 0.3) is 0 Å². The molecule has 1 saturated carbocycles.